The van der Waals surface area contributed by atoms with Gasteiger partial charge in [-0.1, -0.05) is 0 Å². The van der Waals surface area contributed by atoms with Crippen LogP contribution in [0.25, 0.3) is 0 Å². The van der Waals surface area contributed by atoms with Crippen molar-refractivity contribution in [3.8, 4) is 0 Å². The first-order valence-electron chi connectivity index (χ1n) is 10.7. The molecule has 3 heterocycles. The molecule has 0 bridgehead atoms. The molecule has 11 nitrogen and oxygen atoms in total. The van der Waals surface area contributed by atoms with E-state index in [2.05, 4.69) is 20.4 Å². The minimum atomic E-state index is -4.93. The number of nitrogens with one attached hydrogen (secondary N) is 2. The number of H-pyrrole nitrogens is 1. The van der Waals surface area contributed by atoms with Crippen molar-refractivity contribution in [3.63, 3.8) is 0 Å². The van der Waals surface area contributed by atoms with Crippen LogP contribution in [0.15, 0.2) is 23.4 Å². The second-order valence-corrected chi connectivity index (χ2v) is 8.02. The summed E-state index contributed by atoms with van der Waals surface area (Å²) in [5.74, 6) is -1.67. The number of halogens is 6. The Hall–Kier alpha value is -3.76. The number of piperazine rings is 1. The van der Waals surface area contributed by atoms with E-state index in [0.717, 1.165) is 6.20 Å². The molecule has 2 N–H and O–H groups in total. The van der Waals surface area contributed by atoms with Gasteiger partial charge in [0.05, 0.1) is 24.1 Å². The third kappa shape index (κ3) is 7.14. The lowest BCUT2D eigenvalue weighted by Crippen LogP contribution is -2.51. The van der Waals surface area contributed by atoms with Crippen molar-refractivity contribution in [2.24, 2.45) is 0 Å². The summed E-state index contributed by atoms with van der Waals surface area (Å²) in [6.45, 7) is 1.08. The van der Waals surface area contributed by atoms with Crippen LogP contribution in [-0.4, -0.2) is 82.2 Å². The molecular weight excluding hydrogens is 516 g/mol. The summed E-state index contributed by atoms with van der Waals surface area (Å²) in [6.07, 6.45) is -7.38. The Labute approximate surface area is 204 Å². The lowest BCUT2D eigenvalue weighted by atomic mass is 10.2. The summed E-state index contributed by atoms with van der Waals surface area (Å²) in [5, 5.41) is 7.48. The van der Waals surface area contributed by atoms with E-state index in [1.807, 2.05) is 0 Å². The van der Waals surface area contributed by atoms with E-state index in [9.17, 15) is 40.7 Å². The zero-order chi connectivity index (χ0) is 27.4. The molecule has 1 aliphatic heterocycles. The quantitative estimate of drug-likeness (QED) is 0.378. The van der Waals surface area contributed by atoms with E-state index in [-0.39, 0.29) is 38.7 Å². The highest BCUT2D eigenvalue weighted by Gasteiger charge is 2.37. The number of hydrogen-bond donors (Lipinski definition) is 2. The molecule has 0 aliphatic carbocycles. The fourth-order valence-electron chi connectivity index (χ4n) is 3.40. The normalized spacial score (nSPS) is 15.4. The predicted molar refractivity (Wildman–Crippen MR) is 115 cm³/mol. The smallest absolute Gasteiger partial charge is 0.378 e. The largest absolute Gasteiger partial charge is 0.423 e. The van der Waals surface area contributed by atoms with Gasteiger partial charge in [-0.3, -0.25) is 14.4 Å². The number of aromatic amines is 1. The van der Waals surface area contributed by atoms with Gasteiger partial charge < -0.3 is 19.9 Å². The fourth-order valence-corrected chi connectivity index (χ4v) is 3.40. The second-order valence-electron chi connectivity index (χ2n) is 8.02. The van der Waals surface area contributed by atoms with Crippen molar-refractivity contribution in [3.05, 3.63) is 40.1 Å². The SMILES string of the molecule is C[C@@H](COCC(=O)C(=O)N1CCN(c2ncc(C(F)(F)F)cn2)CC1)Nc1cn[nH]c(=O)c1C(F)(F)F. The summed E-state index contributed by atoms with van der Waals surface area (Å²) in [5.41, 5.74) is -4.43. The minimum absolute atomic E-state index is 0.0560. The van der Waals surface area contributed by atoms with Gasteiger partial charge in [0.15, 0.2) is 0 Å². The molecule has 0 aromatic carbocycles. The van der Waals surface area contributed by atoms with Crippen molar-refractivity contribution >= 4 is 23.3 Å². The van der Waals surface area contributed by atoms with Crippen LogP contribution in [0.4, 0.5) is 38.0 Å². The maximum absolute atomic E-state index is 13.1. The van der Waals surface area contributed by atoms with Crippen molar-refractivity contribution in [1.82, 2.24) is 25.1 Å². The predicted octanol–water partition coefficient (Wildman–Crippen LogP) is 1.33. The number of carbonyl (C=O) groups is 2. The number of ether oxygens (including phenoxy) is 1. The average molecular weight is 537 g/mol. The first-order valence-corrected chi connectivity index (χ1v) is 10.7. The highest BCUT2D eigenvalue weighted by Crippen LogP contribution is 2.31. The van der Waals surface area contributed by atoms with Crippen LogP contribution in [0.1, 0.15) is 18.1 Å². The summed E-state index contributed by atoms with van der Waals surface area (Å²) >= 11 is 0. The average Bonchev–Trinajstić information content (AvgIpc) is 2.82. The molecule has 1 fully saturated rings. The summed E-state index contributed by atoms with van der Waals surface area (Å²) < 4.78 is 82.4. The molecule has 0 saturated carbocycles. The molecule has 0 radical (unpaired) electrons. The van der Waals surface area contributed by atoms with E-state index in [0.29, 0.717) is 12.4 Å². The van der Waals surface area contributed by atoms with E-state index >= 15 is 0 Å². The van der Waals surface area contributed by atoms with E-state index in [1.54, 1.807) is 10.00 Å². The number of rotatable bonds is 8. The monoisotopic (exact) mass is 537 g/mol. The Morgan fingerprint density at radius 3 is 2.24 bits per heavy atom. The van der Waals surface area contributed by atoms with Crippen molar-refractivity contribution in [2.75, 3.05) is 49.6 Å². The molecule has 1 aliphatic rings. The number of Topliss-reactive ketones (excluding diaryl/α,β-unsaturated/α-hetero) is 1. The van der Waals surface area contributed by atoms with Gasteiger partial charge in [0.1, 0.15) is 12.2 Å². The van der Waals surface area contributed by atoms with Crippen molar-refractivity contribution in [1.29, 1.82) is 0 Å². The molecule has 37 heavy (non-hydrogen) atoms. The van der Waals surface area contributed by atoms with Crippen LogP contribution in [0.5, 0.6) is 0 Å². The molecule has 202 valence electrons. The van der Waals surface area contributed by atoms with Crippen molar-refractivity contribution in [2.45, 2.75) is 25.3 Å². The Morgan fingerprint density at radius 1 is 1.05 bits per heavy atom. The molecule has 3 rings (SSSR count). The Bertz CT molecular complexity index is 1160. The van der Waals surface area contributed by atoms with E-state index in [4.69, 9.17) is 4.74 Å². The Kier molecular flexibility index (Phi) is 8.35. The van der Waals surface area contributed by atoms with Gasteiger partial charge in [0, 0.05) is 44.6 Å². The van der Waals surface area contributed by atoms with Gasteiger partial charge in [0.25, 0.3) is 11.5 Å². The number of amides is 1. The molecule has 0 spiro atoms. The van der Waals surface area contributed by atoms with E-state index in [1.165, 1.54) is 11.8 Å². The summed E-state index contributed by atoms with van der Waals surface area (Å²) in [6, 6.07) is -0.778. The third-order valence-corrected chi connectivity index (χ3v) is 5.20. The maximum atomic E-state index is 13.1. The molecule has 1 saturated heterocycles. The van der Waals surface area contributed by atoms with Crippen LogP contribution in [0, 0.1) is 0 Å². The zero-order valence-electron chi connectivity index (χ0n) is 19.2. The minimum Gasteiger partial charge on any atom is -0.378 e. The Balaban J connectivity index is 1.45. The number of hydrogen-bond acceptors (Lipinski definition) is 9. The fraction of sp³-hybridized carbons (Fsp3) is 0.500. The van der Waals surface area contributed by atoms with Gasteiger partial charge in [-0.05, 0) is 6.92 Å². The van der Waals surface area contributed by atoms with Crippen LogP contribution in [0.2, 0.25) is 0 Å². The number of alkyl halides is 6. The third-order valence-electron chi connectivity index (χ3n) is 5.20. The molecule has 1 amide bonds. The number of nitrogens with zero attached hydrogens (tertiary/aromatic N) is 5. The zero-order valence-corrected chi connectivity index (χ0v) is 19.2. The number of ketones is 1. The second kappa shape index (κ2) is 11.1. The number of carbonyl (C=O) groups excluding carboxylic acids is 2. The highest BCUT2D eigenvalue weighted by molar-refractivity contribution is 6.36. The molecule has 2 aromatic heterocycles. The van der Waals surface area contributed by atoms with Gasteiger partial charge in [0.2, 0.25) is 11.7 Å². The maximum Gasteiger partial charge on any atom is 0.423 e. The van der Waals surface area contributed by atoms with Crippen LogP contribution >= 0.6 is 0 Å². The standard InChI is InChI=1S/C20H21F6N7O4/c1-11(30-13-8-29-31-16(35)15(13)20(24,25)26)9-37-10-14(34)17(36)32-2-4-33(5-3-32)18-27-6-12(7-28-18)19(21,22)23/h6-8,11H,2-5,9-10H2,1H3,(H2,30,31,35)/t11-/m0/s1. The van der Waals surface area contributed by atoms with E-state index < -0.39 is 59.1 Å². The molecule has 2 aromatic rings. The van der Waals surface area contributed by atoms with Gasteiger partial charge in [-0.25, -0.2) is 15.1 Å². The lowest BCUT2D eigenvalue weighted by molar-refractivity contribution is -0.147. The summed E-state index contributed by atoms with van der Waals surface area (Å²) in [4.78, 5) is 46.3. The molecule has 17 heteroatoms. The number of anilines is 2. The first kappa shape index (κ1) is 27.8. The van der Waals surface area contributed by atoms with Gasteiger partial charge in [-0.15, -0.1) is 0 Å². The van der Waals surface area contributed by atoms with Crippen molar-refractivity contribution < 1.29 is 40.7 Å². The van der Waals surface area contributed by atoms with Gasteiger partial charge >= 0.3 is 12.4 Å². The topological polar surface area (TPSA) is 133 Å². The molecule has 0 unspecified atom stereocenters. The first-order chi connectivity index (χ1) is 17.3. The van der Waals surface area contributed by atoms with Crippen LogP contribution in [0.3, 0.4) is 0 Å². The van der Waals surface area contributed by atoms with Crippen LogP contribution < -0.4 is 15.8 Å². The van der Waals surface area contributed by atoms with Crippen LogP contribution in [-0.2, 0) is 26.7 Å². The Morgan fingerprint density at radius 2 is 1.68 bits per heavy atom. The molecular formula is C20H21F6N7O4. The molecule has 1 atom stereocenters. The summed E-state index contributed by atoms with van der Waals surface area (Å²) in [7, 11) is 0. The highest BCUT2D eigenvalue weighted by atomic mass is 19.4. The lowest BCUT2D eigenvalue weighted by Gasteiger charge is -2.34. The number of aromatic nitrogens is 4. The van der Waals surface area contributed by atoms with Gasteiger partial charge in [-0.2, -0.15) is 31.4 Å².